The van der Waals surface area contributed by atoms with Crippen molar-refractivity contribution in [3.05, 3.63) is 59.0 Å². The number of likely N-dealkylation sites (tertiary alicyclic amines) is 1. The zero-order valence-electron chi connectivity index (χ0n) is 35.3. The molecule has 4 saturated heterocycles. The number of ether oxygens (including phenoxy) is 1. The zero-order valence-corrected chi connectivity index (χ0v) is 36.1. The molecule has 19 heteroatoms. The molecule has 8 heterocycles. The first-order valence-electron chi connectivity index (χ1n) is 22.6. The highest BCUT2D eigenvalue weighted by Crippen LogP contribution is 2.53. The number of carbonyl (C=O) groups excluding carboxylic acids is 5. The SMILES string of the molecule is O=C1CCC(N2C(=O)c3cccc(NCC4CC5(CCN(CC6CCC(n7cc(NC(=O)c8nsc9ccc(N%10CC%11CC%10CO%11)nc89)c(C(F)F)n7)CC6)CC5)C4)c3C2=O)C(=O)N1. The quantitative estimate of drug-likeness (QED) is 0.154. The van der Waals surface area contributed by atoms with Crippen molar-refractivity contribution >= 4 is 68.5 Å². The molecule has 7 aliphatic rings. The number of rotatable bonds is 11. The third-order valence-corrected chi connectivity index (χ3v) is 15.8. The monoisotopic (exact) mass is 896 g/mol. The van der Waals surface area contributed by atoms with Crippen LogP contribution in [-0.4, -0.2) is 116 Å². The Labute approximate surface area is 371 Å². The Morgan fingerprint density at radius 2 is 1.78 bits per heavy atom. The van der Waals surface area contributed by atoms with Gasteiger partial charge < -0.3 is 25.2 Å². The van der Waals surface area contributed by atoms with E-state index in [1.165, 1.54) is 0 Å². The summed E-state index contributed by atoms with van der Waals surface area (Å²) in [6.07, 6.45) is 8.08. The molecule has 4 aromatic rings. The van der Waals surface area contributed by atoms with E-state index in [1.54, 1.807) is 29.1 Å². The molecule has 2 saturated carbocycles. The van der Waals surface area contributed by atoms with Gasteiger partial charge in [-0.05, 0) is 130 Å². The van der Waals surface area contributed by atoms with E-state index < -0.39 is 47.7 Å². The van der Waals surface area contributed by atoms with E-state index >= 15 is 0 Å². The summed E-state index contributed by atoms with van der Waals surface area (Å²) in [5.41, 5.74) is 1.60. The third kappa shape index (κ3) is 7.42. The third-order valence-electron chi connectivity index (χ3n) is 15.0. The van der Waals surface area contributed by atoms with Gasteiger partial charge in [-0.1, -0.05) is 6.07 Å². The number of nitrogens with one attached hydrogen (secondary N) is 3. The second kappa shape index (κ2) is 16.2. The highest BCUT2D eigenvalue weighted by atomic mass is 32.1. The molecule has 1 spiro atoms. The lowest BCUT2D eigenvalue weighted by Crippen LogP contribution is -2.54. The van der Waals surface area contributed by atoms with Crippen molar-refractivity contribution in [1.29, 1.82) is 0 Å². The number of hydrogen-bond donors (Lipinski definition) is 3. The van der Waals surface area contributed by atoms with Gasteiger partial charge in [-0.2, -0.15) is 9.47 Å². The minimum Gasteiger partial charge on any atom is -0.384 e. The van der Waals surface area contributed by atoms with Gasteiger partial charge >= 0.3 is 0 Å². The van der Waals surface area contributed by atoms with Gasteiger partial charge in [0.05, 0.1) is 46.3 Å². The number of imide groups is 2. The van der Waals surface area contributed by atoms with Crippen LogP contribution in [0.5, 0.6) is 0 Å². The van der Waals surface area contributed by atoms with Crippen LogP contribution in [0.4, 0.5) is 26.0 Å². The molecular formula is C45H50F2N10O6S. The number of aromatic nitrogens is 4. The van der Waals surface area contributed by atoms with Crippen LogP contribution in [0.15, 0.2) is 36.5 Å². The molecule has 5 aliphatic heterocycles. The van der Waals surface area contributed by atoms with Crippen LogP contribution >= 0.6 is 11.5 Å². The minimum atomic E-state index is -2.86. The van der Waals surface area contributed by atoms with E-state index in [4.69, 9.17) is 9.72 Å². The van der Waals surface area contributed by atoms with Crippen molar-refractivity contribution in [1.82, 2.24) is 34.3 Å². The van der Waals surface area contributed by atoms with Gasteiger partial charge in [-0.3, -0.25) is 38.9 Å². The fourth-order valence-corrected chi connectivity index (χ4v) is 12.4. The normalized spacial score (nSPS) is 26.9. The maximum Gasteiger partial charge on any atom is 0.284 e. The summed E-state index contributed by atoms with van der Waals surface area (Å²) in [7, 11) is 0. The van der Waals surface area contributed by atoms with Gasteiger partial charge in [0, 0.05) is 37.9 Å². The van der Waals surface area contributed by atoms with E-state index in [-0.39, 0.29) is 53.5 Å². The van der Waals surface area contributed by atoms with Gasteiger partial charge in [0.1, 0.15) is 17.4 Å². The largest absolute Gasteiger partial charge is 0.384 e. The lowest BCUT2D eigenvalue weighted by molar-refractivity contribution is -0.136. The molecule has 3 unspecified atom stereocenters. The lowest BCUT2D eigenvalue weighted by atomic mass is 9.57. The predicted molar refractivity (Wildman–Crippen MR) is 231 cm³/mol. The number of piperidine rings is 2. The number of hydrogen-bond acceptors (Lipinski definition) is 13. The van der Waals surface area contributed by atoms with E-state index in [1.807, 2.05) is 12.1 Å². The second-order valence-electron chi connectivity index (χ2n) is 19.0. The van der Waals surface area contributed by atoms with Crippen LogP contribution in [0.25, 0.3) is 10.2 Å². The van der Waals surface area contributed by atoms with Crippen molar-refractivity contribution in [3.8, 4) is 0 Å². The Morgan fingerprint density at radius 3 is 2.52 bits per heavy atom. The summed E-state index contributed by atoms with van der Waals surface area (Å²) in [6.45, 7) is 5.18. The number of halogens is 2. The molecule has 0 radical (unpaired) electrons. The number of fused-ring (bicyclic) bond motifs is 4. The topological polar surface area (TPSA) is 184 Å². The first-order valence-corrected chi connectivity index (χ1v) is 23.4. The molecule has 1 aromatic carbocycles. The number of nitrogens with zero attached hydrogens (tertiary/aromatic N) is 7. The Morgan fingerprint density at radius 1 is 0.969 bits per heavy atom. The smallest absolute Gasteiger partial charge is 0.284 e. The summed E-state index contributed by atoms with van der Waals surface area (Å²) >= 11 is 1.16. The molecule has 3 atom stereocenters. The fourth-order valence-electron chi connectivity index (χ4n) is 11.6. The maximum absolute atomic E-state index is 14.3. The van der Waals surface area contributed by atoms with E-state index in [2.05, 4.69) is 35.2 Å². The van der Waals surface area contributed by atoms with Gasteiger partial charge in [-0.25, -0.2) is 13.8 Å². The highest BCUT2D eigenvalue weighted by Gasteiger charge is 2.48. The van der Waals surface area contributed by atoms with Crippen molar-refractivity contribution in [3.63, 3.8) is 0 Å². The average Bonchev–Trinajstić information content (AvgIpc) is 4.13. The number of benzene rings is 1. The van der Waals surface area contributed by atoms with E-state index in [0.717, 1.165) is 111 Å². The molecule has 3 N–H and O–H groups in total. The Bertz CT molecular complexity index is 2540. The minimum absolute atomic E-state index is 0.00164. The molecule has 11 rings (SSSR count). The summed E-state index contributed by atoms with van der Waals surface area (Å²) in [5, 5.41) is 12.7. The molecule has 336 valence electrons. The van der Waals surface area contributed by atoms with Crippen molar-refractivity contribution in [2.24, 2.45) is 17.3 Å². The Balaban J connectivity index is 0.645. The number of anilines is 3. The number of alkyl halides is 2. The summed E-state index contributed by atoms with van der Waals surface area (Å²) in [5.74, 6) is -0.902. The maximum atomic E-state index is 14.3. The molecule has 2 aliphatic carbocycles. The molecule has 16 nitrogen and oxygen atoms in total. The van der Waals surface area contributed by atoms with Gasteiger partial charge in [0.25, 0.3) is 24.1 Å². The molecule has 2 bridgehead atoms. The van der Waals surface area contributed by atoms with Crippen LogP contribution < -0.4 is 20.9 Å². The van der Waals surface area contributed by atoms with Crippen LogP contribution in [0.2, 0.25) is 0 Å². The number of carbonyl (C=O) groups is 5. The number of morpholine rings is 1. The molecular weight excluding hydrogens is 847 g/mol. The predicted octanol–water partition coefficient (Wildman–Crippen LogP) is 5.79. The first-order chi connectivity index (χ1) is 31.0. The fraction of sp³-hybridized carbons (Fsp3) is 0.556. The first kappa shape index (κ1) is 41.3. The van der Waals surface area contributed by atoms with Crippen LogP contribution in [-0.2, 0) is 14.3 Å². The second-order valence-corrected chi connectivity index (χ2v) is 19.8. The van der Waals surface area contributed by atoms with Crippen LogP contribution in [0, 0.1) is 17.3 Å². The van der Waals surface area contributed by atoms with Gasteiger partial charge in [0.2, 0.25) is 11.8 Å². The van der Waals surface area contributed by atoms with Crippen molar-refractivity contribution < 1.29 is 37.5 Å². The molecule has 5 amide bonds. The molecule has 6 fully saturated rings. The zero-order chi connectivity index (χ0) is 43.9. The number of amides is 5. The van der Waals surface area contributed by atoms with Crippen molar-refractivity contribution in [2.75, 3.05) is 54.9 Å². The van der Waals surface area contributed by atoms with E-state index in [9.17, 15) is 32.8 Å². The van der Waals surface area contributed by atoms with Gasteiger partial charge in [0.15, 0.2) is 11.4 Å². The van der Waals surface area contributed by atoms with E-state index in [0.29, 0.717) is 41.6 Å². The highest BCUT2D eigenvalue weighted by molar-refractivity contribution is 7.13. The average molecular weight is 897 g/mol. The number of pyridine rings is 1. The Hall–Kier alpha value is -5.40. The molecule has 3 aromatic heterocycles. The van der Waals surface area contributed by atoms with Crippen LogP contribution in [0.1, 0.15) is 120 Å². The van der Waals surface area contributed by atoms with Crippen LogP contribution in [0.3, 0.4) is 0 Å². The lowest BCUT2D eigenvalue weighted by Gasteiger charge is -2.53. The summed E-state index contributed by atoms with van der Waals surface area (Å²) in [6, 6.07) is 8.22. The summed E-state index contributed by atoms with van der Waals surface area (Å²) < 4.78 is 41.1. The summed E-state index contributed by atoms with van der Waals surface area (Å²) in [4.78, 5) is 75.1. The van der Waals surface area contributed by atoms with Gasteiger partial charge in [-0.15, -0.1) is 0 Å². The van der Waals surface area contributed by atoms with Crippen molar-refractivity contribution in [2.45, 2.75) is 101 Å². The Kier molecular flexibility index (Phi) is 10.5. The molecule has 64 heavy (non-hydrogen) atoms. The standard InChI is InChI=1S/C45H50F2N10O6S/c46-40(47)37-31(49-42(60)39-38-33(64-53-39)9-10-34(50-38)55-21-28-16-27(55)23-63-28)22-56(52-37)26-6-4-24(5-7-26)20-54-14-12-45(13-15-54)17-25(18-45)19-48-30-3-1-2-29-36(30)44(62)57(43(29)61)32-8-11-35(58)51-41(32)59/h1-3,9-10,22,24-28,32,40,48H,4-8,11-21,23H2,(H,49,60)(H,51,58,59).